The summed E-state index contributed by atoms with van der Waals surface area (Å²) in [7, 11) is 0. The largest absolute Gasteiger partial charge is 0.483 e. The van der Waals surface area contributed by atoms with Gasteiger partial charge in [-0.1, -0.05) is 142 Å². The third-order valence-corrected chi connectivity index (χ3v) is 15.1. The molecule has 0 unspecified atom stereocenters. The Morgan fingerprint density at radius 1 is 0.444 bits per heavy atom. The van der Waals surface area contributed by atoms with E-state index in [2.05, 4.69) is 31.9 Å². The van der Waals surface area contributed by atoms with E-state index >= 15 is 0 Å². The highest BCUT2D eigenvalue weighted by atomic mass is 79.9. The third-order valence-electron chi connectivity index (χ3n) is 13.9. The molecule has 12 nitrogen and oxygen atoms in total. The molecule has 0 amide bonds. The fraction of sp³-hybridized carbons (Fsp3) is 0.897. The van der Waals surface area contributed by atoms with Gasteiger partial charge in [0.1, 0.15) is 16.8 Å². The highest BCUT2D eigenvalue weighted by Gasteiger charge is 2.53. The van der Waals surface area contributed by atoms with E-state index in [1.807, 2.05) is 62.3 Å². The van der Waals surface area contributed by atoms with Crippen molar-refractivity contribution in [3.05, 3.63) is 0 Å². The molecule has 0 aromatic rings. The summed E-state index contributed by atoms with van der Waals surface area (Å²) in [6, 6.07) is 0. The zero-order chi connectivity index (χ0) is 53.8. The van der Waals surface area contributed by atoms with Crippen molar-refractivity contribution in [3.63, 3.8) is 0 Å². The monoisotopic (exact) mass is 1150 g/mol. The zero-order valence-corrected chi connectivity index (χ0v) is 49.1. The van der Waals surface area contributed by atoms with Gasteiger partial charge in [-0.25, -0.2) is 0 Å². The van der Waals surface area contributed by atoms with E-state index in [0.29, 0.717) is 0 Å². The first-order chi connectivity index (χ1) is 33.2. The van der Waals surface area contributed by atoms with Gasteiger partial charge in [0.2, 0.25) is 0 Å². The molecule has 5 aliphatic rings. The van der Waals surface area contributed by atoms with Crippen LogP contribution in [0.1, 0.15) is 275 Å². The number of carboxylic acids is 2. The van der Waals surface area contributed by atoms with Gasteiger partial charge in [-0.3, -0.25) is 28.8 Å². The van der Waals surface area contributed by atoms with Gasteiger partial charge < -0.3 is 29.5 Å². The predicted molar refractivity (Wildman–Crippen MR) is 297 cm³/mol. The number of rotatable bonds is 30. The van der Waals surface area contributed by atoms with Crippen molar-refractivity contribution in [2.45, 2.75) is 292 Å². The first-order valence-electron chi connectivity index (χ1n) is 27.6. The average Bonchev–Trinajstić information content (AvgIpc) is 4.05. The number of carbonyl (C=O) groups is 6. The molecule has 5 fully saturated rings. The quantitative estimate of drug-likeness (QED) is 0.0203. The topological polar surface area (TPSA) is 191 Å². The molecule has 5 saturated carbocycles. The molecular weight excluding hydrogens is 1050 g/mol. The van der Waals surface area contributed by atoms with Crippen LogP contribution in [0.5, 0.6) is 0 Å². The Bertz CT molecular complexity index is 1460. The minimum absolute atomic E-state index is 0. The standard InChI is InChI=1S/C24H42O4.C16H26O4.C8H16Br2.C8H14O2.CH2O2.CH4/c1-21(2,3)27-19(25)23(15-16-23)13-11-9-7-8-10-12-14-24(17-18-24)20(26)28-22(4,5)6;17-13(18)15(9-10-15)7-5-3-1-2-4-6-8-16(11-12-16)14(19)20;9-7-5-3-1-2-4-6-8-10;1-8(2,3)10-7(9)6-4-5-6;2-1-3;/h7-18H2,1-6H3;1-12H2,(H,17,18)(H,19,20);1-8H2;6H,4-5H2,1-3H3;1H,(H,2,3);1H4. The molecule has 0 radical (unpaired) electrons. The maximum absolute atomic E-state index is 12.3. The summed E-state index contributed by atoms with van der Waals surface area (Å²) in [4.78, 5) is 66.0. The highest BCUT2D eigenvalue weighted by molar-refractivity contribution is 9.09. The van der Waals surface area contributed by atoms with Crippen molar-refractivity contribution in [1.82, 2.24) is 0 Å². The molecule has 0 aromatic carbocycles. The van der Waals surface area contributed by atoms with Crippen LogP contribution in [0.3, 0.4) is 0 Å². The van der Waals surface area contributed by atoms with Gasteiger partial charge in [0.05, 0.1) is 27.6 Å². The molecule has 5 rings (SSSR count). The second-order valence-corrected chi connectivity index (χ2v) is 26.0. The number of alkyl halides is 2. The summed E-state index contributed by atoms with van der Waals surface area (Å²) in [6.07, 6.45) is 35.0. The van der Waals surface area contributed by atoms with Crippen LogP contribution < -0.4 is 0 Å². The number of unbranched alkanes of at least 4 members (excludes halogenated alkanes) is 15. The van der Waals surface area contributed by atoms with Gasteiger partial charge in [0, 0.05) is 10.7 Å². The Morgan fingerprint density at radius 3 is 0.861 bits per heavy atom. The minimum atomic E-state index is -0.610. The van der Waals surface area contributed by atoms with Crippen molar-refractivity contribution in [2.75, 3.05) is 10.7 Å². The van der Waals surface area contributed by atoms with Gasteiger partial charge in [-0.05, 0) is 165 Å². The smallest absolute Gasteiger partial charge is 0.312 e. The Morgan fingerprint density at radius 2 is 0.667 bits per heavy atom. The molecule has 72 heavy (non-hydrogen) atoms. The fourth-order valence-electron chi connectivity index (χ4n) is 8.50. The van der Waals surface area contributed by atoms with Crippen LogP contribution in [-0.2, 0) is 43.0 Å². The van der Waals surface area contributed by atoms with Gasteiger partial charge >= 0.3 is 29.8 Å². The molecule has 3 N–H and O–H groups in total. The molecule has 0 aliphatic heterocycles. The van der Waals surface area contributed by atoms with Gasteiger partial charge in [0.15, 0.2) is 0 Å². The maximum Gasteiger partial charge on any atom is 0.312 e. The number of aliphatic carboxylic acids is 2. The van der Waals surface area contributed by atoms with Crippen molar-refractivity contribution < 1.29 is 58.3 Å². The van der Waals surface area contributed by atoms with Crippen LogP contribution in [0.4, 0.5) is 0 Å². The molecular formula is C58H104Br2O12. The Kier molecular flexibility index (Phi) is 33.4. The Hall–Kier alpha value is -2.22. The number of esters is 3. The Balaban J connectivity index is 0.000000993. The van der Waals surface area contributed by atoms with E-state index in [-0.39, 0.29) is 76.2 Å². The first-order valence-corrected chi connectivity index (χ1v) is 29.8. The van der Waals surface area contributed by atoms with Crippen LogP contribution in [0.25, 0.3) is 0 Å². The average molecular weight is 1150 g/mol. The summed E-state index contributed by atoms with van der Waals surface area (Å²) in [5.74, 6) is -0.998. The maximum atomic E-state index is 12.3. The normalized spacial score (nSPS) is 17.8. The van der Waals surface area contributed by atoms with Crippen LogP contribution in [-0.4, -0.2) is 79.1 Å². The predicted octanol–water partition coefficient (Wildman–Crippen LogP) is 16.4. The van der Waals surface area contributed by atoms with E-state index in [1.54, 1.807) is 0 Å². The number of halogens is 2. The zero-order valence-electron chi connectivity index (χ0n) is 46.0. The summed E-state index contributed by atoms with van der Waals surface area (Å²) in [5.41, 5.74) is -2.13. The molecule has 14 heteroatoms. The van der Waals surface area contributed by atoms with Gasteiger partial charge in [-0.2, -0.15) is 0 Å². The lowest BCUT2D eigenvalue weighted by Crippen LogP contribution is -2.29. The summed E-state index contributed by atoms with van der Waals surface area (Å²) < 4.78 is 16.3. The SMILES string of the molecule is BrCCCCCCCCBr.C.CC(C)(C)OC(=O)C1(CCCCCCCCC2(C(=O)OC(C)(C)C)CC2)CC1.CC(C)(C)OC(=O)C1CC1.O=C(O)C1(CCCCCCCCC2(C(=O)O)CC2)CC1.O=CO. The van der Waals surface area contributed by atoms with E-state index in [4.69, 9.17) is 34.3 Å². The van der Waals surface area contributed by atoms with Crippen LogP contribution in [0.2, 0.25) is 0 Å². The van der Waals surface area contributed by atoms with Gasteiger partial charge in [0.25, 0.3) is 6.47 Å². The third kappa shape index (κ3) is 32.3. The molecule has 0 spiro atoms. The number of hydrogen-bond acceptors (Lipinski definition) is 9. The number of carboxylic acid groups (broad SMARTS) is 3. The summed E-state index contributed by atoms with van der Waals surface area (Å²) in [5, 5.41) is 27.3. The van der Waals surface area contributed by atoms with E-state index in [9.17, 15) is 24.0 Å². The second-order valence-electron chi connectivity index (χ2n) is 24.4. The highest BCUT2D eigenvalue weighted by Crippen LogP contribution is 2.53. The molecule has 0 bridgehead atoms. The van der Waals surface area contributed by atoms with E-state index < -0.39 is 11.9 Å². The molecule has 5 aliphatic carbocycles. The summed E-state index contributed by atoms with van der Waals surface area (Å²) in [6.45, 7) is 17.1. The number of hydrogen-bond donors (Lipinski definition) is 3. The van der Waals surface area contributed by atoms with Crippen molar-refractivity contribution in [2.24, 2.45) is 27.6 Å². The van der Waals surface area contributed by atoms with Crippen molar-refractivity contribution in [1.29, 1.82) is 0 Å². The Labute approximate surface area is 454 Å². The molecule has 422 valence electrons. The van der Waals surface area contributed by atoms with Crippen LogP contribution >= 0.6 is 31.9 Å². The lowest BCUT2D eigenvalue weighted by Gasteiger charge is -2.24. The second kappa shape index (κ2) is 34.4. The molecule has 0 saturated heterocycles. The first kappa shape index (κ1) is 69.8. The molecule has 0 aromatic heterocycles. The lowest BCUT2D eigenvalue weighted by molar-refractivity contribution is -0.163. The number of ether oxygens (including phenoxy) is 3. The lowest BCUT2D eigenvalue weighted by atomic mass is 9.95. The number of carbonyl (C=O) groups excluding carboxylic acids is 3. The van der Waals surface area contributed by atoms with E-state index in [0.717, 1.165) is 141 Å². The van der Waals surface area contributed by atoms with Crippen LogP contribution in [0.15, 0.2) is 0 Å². The van der Waals surface area contributed by atoms with E-state index in [1.165, 1.54) is 74.9 Å². The van der Waals surface area contributed by atoms with Gasteiger partial charge in [-0.15, -0.1) is 0 Å². The van der Waals surface area contributed by atoms with Crippen LogP contribution in [0, 0.1) is 27.6 Å². The minimum Gasteiger partial charge on any atom is -0.483 e. The fourth-order valence-corrected chi connectivity index (χ4v) is 9.29. The summed E-state index contributed by atoms with van der Waals surface area (Å²) >= 11 is 6.85. The van der Waals surface area contributed by atoms with Crippen molar-refractivity contribution in [3.8, 4) is 0 Å². The van der Waals surface area contributed by atoms with Crippen molar-refractivity contribution >= 4 is 68.2 Å². The molecule has 0 heterocycles. The molecule has 0 atom stereocenters.